The van der Waals surface area contributed by atoms with Crippen molar-refractivity contribution in [2.24, 2.45) is 5.14 Å². The second kappa shape index (κ2) is 3.75. The predicted octanol–water partition coefficient (Wildman–Crippen LogP) is -0.924. The van der Waals surface area contributed by atoms with Gasteiger partial charge in [-0.05, 0) is 12.8 Å². The third kappa shape index (κ3) is 1.99. The molecule has 1 saturated heterocycles. The van der Waals surface area contributed by atoms with E-state index in [0.29, 0.717) is 5.92 Å². The summed E-state index contributed by atoms with van der Waals surface area (Å²) < 4.78 is 22.5. The van der Waals surface area contributed by atoms with Crippen LogP contribution in [-0.4, -0.2) is 41.3 Å². The average molecular weight is 271 g/mol. The largest absolute Gasteiger partial charge is 0.278 e. The van der Waals surface area contributed by atoms with Crippen LogP contribution in [0.2, 0.25) is 0 Å². The van der Waals surface area contributed by atoms with Gasteiger partial charge in [0.15, 0.2) is 0 Å². The summed E-state index contributed by atoms with van der Waals surface area (Å²) in [5, 5.41) is 10.9. The molecule has 3 rings (SSSR count). The molecule has 3 N–H and O–H groups in total. The van der Waals surface area contributed by atoms with Crippen molar-refractivity contribution in [2.45, 2.75) is 30.4 Å². The van der Waals surface area contributed by atoms with Crippen LogP contribution in [0.25, 0.3) is 0 Å². The Morgan fingerprint density at radius 3 is 2.67 bits per heavy atom. The minimum atomic E-state index is -3.70. The van der Waals surface area contributed by atoms with Gasteiger partial charge >= 0.3 is 0 Å². The highest BCUT2D eigenvalue weighted by Crippen LogP contribution is 2.38. The zero-order valence-electron chi connectivity index (χ0n) is 9.54. The maximum atomic E-state index is 11.7. The van der Waals surface area contributed by atoms with Crippen molar-refractivity contribution in [3.8, 4) is 0 Å². The molecule has 2 heterocycles. The molecule has 0 spiro atoms. The number of nitrogens with two attached hydrogens (primary N) is 1. The van der Waals surface area contributed by atoms with Gasteiger partial charge in [0, 0.05) is 18.9 Å². The van der Waals surface area contributed by atoms with Crippen LogP contribution in [0.4, 0.5) is 5.95 Å². The standard InChI is InChI=1S/C9H13N5O3S/c10-18(16,17)6-3-7(15)14(4-6)9-11-8(12-13-9)5-1-2-5/h5-6H,1-4H2,(H2,10,16,17)(H,11,12,13). The molecule has 1 unspecified atom stereocenters. The molecule has 0 bridgehead atoms. The van der Waals surface area contributed by atoms with E-state index in [2.05, 4.69) is 15.2 Å². The number of hydrogen-bond acceptors (Lipinski definition) is 5. The van der Waals surface area contributed by atoms with Crippen molar-refractivity contribution in [3.63, 3.8) is 0 Å². The van der Waals surface area contributed by atoms with Crippen molar-refractivity contribution >= 4 is 21.9 Å². The number of hydrogen-bond donors (Lipinski definition) is 2. The summed E-state index contributed by atoms with van der Waals surface area (Å²) in [6.07, 6.45) is 2.04. The van der Waals surface area contributed by atoms with E-state index in [1.165, 1.54) is 4.90 Å². The molecule has 1 atom stereocenters. The number of aromatic nitrogens is 3. The lowest BCUT2D eigenvalue weighted by molar-refractivity contribution is -0.117. The summed E-state index contributed by atoms with van der Waals surface area (Å²) in [5.74, 6) is 1.10. The first-order valence-electron chi connectivity index (χ1n) is 5.69. The molecule has 0 aromatic carbocycles. The van der Waals surface area contributed by atoms with Crippen LogP contribution in [0.15, 0.2) is 0 Å². The summed E-state index contributed by atoms with van der Waals surface area (Å²) in [6, 6.07) is 0. The van der Waals surface area contributed by atoms with Crippen LogP contribution >= 0.6 is 0 Å². The molecular weight excluding hydrogens is 258 g/mol. The third-order valence-corrected chi connectivity index (χ3v) is 4.50. The van der Waals surface area contributed by atoms with Crippen LogP contribution < -0.4 is 10.0 Å². The van der Waals surface area contributed by atoms with Crippen LogP contribution in [0, 0.1) is 0 Å². The Morgan fingerprint density at radius 1 is 1.39 bits per heavy atom. The lowest BCUT2D eigenvalue weighted by atomic mass is 10.4. The zero-order chi connectivity index (χ0) is 12.9. The molecule has 1 amide bonds. The highest BCUT2D eigenvalue weighted by Gasteiger charge is 2.39. The van der Waals surface area contributed by atoms with E-state index in [1.54, 1.807) is 0 Å². The fourth-order valence-corrected chi connectivity index (χ4v) is 2.74. The molecule has 9 heteroatoms. The van der Waals surface area contributed by atoms with Gasteiger partial charge in [0.1, 0.15) is 11.1 Å². The molecule has 98 valence electrons. The third-order valence-electron chi connectivity index (χ3n) is 3.25. The molecule has 2 fully saturated rings. The second-order valence-corrected chi connectivity index (χ2v) is 6.56. The van der Waals surface area contributed by atoms with Gasteiger partial charge in [0.25, 0.3) is 5.95 Å². The molecule has 2 aliphatic rings. The molecular formula is C9H13N5O3S. The lowest BCUT2D eigenvalue weighted by Crippen LogP contribution is -2.32. The second-order valence-electron chi connectivity index (χ2n) is 4.71. The Balaban J connectivity index is 1.81. The quantitative estimate of drug-likeness (QED) is 0.735. The monoisotopic (exact) mass is 271 g/mol. The van der Waals surface area contributed by atoms with Gasteiger partial charge in [-0.25, -0.2) is 13.6 Å². The van der Waals surface area contributed by atoms with Crippen molar-refractivity contribution < 1.29 is 13.2 Å². The van der Waals surface area contributed by atoms with E-state index < -0.39 is 15.3 Å². The fourth-order valence-electron chi connectivity index (χ4n) is 2.01. The first kappa shape index (κ1) is 11.6. The number of primary sulfonamides is 1. The Bertz CT molecular complexity index is 591. The smallest absolute Gasteiger partial charge is 0.251 e. The highest BCUT2D eigenvalue weighted by atomic mass is 32.2. The molecule has 18 heavy (non-hydrogen) atoms. The maximum Gasteiger partial charge on any atom is 0.251 e. The van der Waals surface area contributed by atoms with Crippen LogP contribution in [0.3, 0.4) is 0 Å². The van der Waals surface area contributed by atoms with Gasteiger partial charge in [0.05, 0.1) is 0 Å². The van der Waals surface area contributed by atoms with E-state index >= 15 is 0 Å². The maximum absolute atomic E-state index is 11.7. The van der Waals surface area contributed by atoms with E-state index in [1.807, 2.05) is 0 Å². The van der Waals surface area contributed by atoms with E-state index in [0.717, 1.165) is 18.7 Å². The number of rotatable bonds is 3. The van der Waals surface area contributed by atoms with Gasteiger partial charge in [-0.1, -0.05) is 0 Å². The number of nitrogens with zero attached hydrogens (tertiary/aromatic N) is 3. The number of carbonyl (C=O) groups is 1. The van der Waals surface area contributed by atoms with E-state index in [-0.39, 0.29) is 24.8 Å². The van der Waals surface area contributed by atoms with Gasteiger partial charge in [-0.2, -0.15) is 4.98 Å². The molecule has 1 aliphatic heterocycles. The minimum Gasteiger partial charge on any atom is -0.278 e. The molecule has 8 nitrogen and oxygen atoms in total. The van der Waals surface area contributed by atoms with Gasteiger partial charge in [-0.3, -0.25) is 14.8 Å². The minimum absolute atomic E-state index is 0.0274. The van der Waals surface area contributed by atoms with Crippen LogP contribution in [0.1, 0.15) is 31.0 Å². The van der Waals surface area contributed by atoms with E-state index in [4.69, 9.17) is 5.14 Å². The van der Waals surface area contributed by atoms with Gasteiger partial charge in [-0.15, -0.1) is 5.10 Å². The van der Waals surface area contributed by atoms with Crippen LogP contribution in [0.5, 0.6) is 0 Å². The molecule has 1 aliphatic carbocycles. The summed E-state index contributed by atoms with van der Waals surface area (Å²) in [6.45, 7) is 0.0274. The molecule has 1 saturated carbocycles. The summed E-state index contributed by atoms with van der Waals surface area (Å²) in [7, 11) is -3.70. The van der Waals surface area contributed by atoms with Crippen LogP contribution in [-0.2, 0) is 14.8 Å². The number of carbonyl (C=O) groups excluding carboxylic acids is 1. The van der Waals surface area contributed by atoms with Gasteiger partial charge in [0.2, 0.25) is 15.9 Å². The molecule has 1 aromatic heterocycles. The number of aromatic amines is 1. The summed E-state index contributed by atoms with van der Waals surface area (Å²) >= 11 is 0. The fraction of sp³-hybridized carbons (Fsp3) is 0.667. The first-order chi connectivity index (χ1) is 8.45. The average Bonchev–Trinajstić information content (AvgIpc) is 2.86. The van der Waals surface area contributed by atoms with Crippen molar-refractivity contribution in [1.82, 2.24) is 15.2 Å². The Morgan fingerprint density at radius 2 is 2.11 bits per heavy atom. The van der Waals surface area contributed by atoms with Crippen molar-refractivity contribution in [2.75, 3.05) is 11.4 Å². The summed E-state index contributed by atoms with van der Waals surface area (Å²) in [4.78, 5) is 17.2. The van der Waals surface area contributed by atoms with Gasteiger partial charge < -0.3 is 0 Å². The zero-order valence-corrected chi connectivity index (χ0v) is 10.4. The Kier molecular flexibility index (Phi) is 2.42. The number of amides is 1. The number of anilines is 1. The normalized spacial score (nSPS) is 24.8. The predicted molar refractivity (Wildman–Crippen MR) is 62.2 cm³/mol. The Hall–Kier alpha value is -1.48. The number of nitrogens with one attached hydrogen (secondary N) is 1. The molecule has 0 radical (unpaired) electrons. The number of H-pyrrole nitrogens is 1. The Labute approximate surface area is 104 Å². The summed E-state index contributed by atoms with van der Waals surface area (Å²) in [5.41, 5.74) is 0. The SMILES string of the molecule is NS(=O)(=O)C1CC(=O)N(c2n[nH]c(C3CC3)n2)C1. The van der Waals surface area contributed by atoms with Crippen molar-refractivity contribution in [3.05, 3.63) is 5.82 Å². The van der Waals surface area contributed by atoms with E-state index in [9.17, 15) is 13.2 Å². The first-order valence-corrected chi connectivity index (χ1v) is 7.30. The highest BCUT2D eigenvalue weighted by molar-refractivity contribution is 7.89. The lowest BCUT2D eigenvalue weighted by Gasteiger charge is -2.10. The van der Waals surface area contributed by atoms with Crippen molar-refractivity contribution in [1.29, 1.82) is 0 Å². The molecule has 1 aromatic rings. The number of sulfonamides is 1. The topological polar surface area (TPSA) is 122 Å².